The number of amides is 1. The highest BCUT2D eigenvalue weighted by Crippen LogP contribution is 2.29. The molecule has 3 N–H and O–H groups in total. The third-order valence-corrected chi connectivity index (χ3v) is 3.47. The molecule has 1 amide bonds. The molecule has 1 aliphatic heterocycles. The van der Waals surface area contributed by atoms with E-state index in [1.807, 2.05) is 51.1 Å². The molecule has 1 aromatic rings. The van der Waals surface area contributed by atoms with E-state index in [-0.39, 0.29) is 23.7 Å². The minimum absolute atomic E-state index is 0.0792. The molecule has 2 rings (SSSR count). The fourth-order valence-corrected chi connectivity index (χ4v) is 2.94. The van der Waals surface area contributed by atoms with Crippen LogP contribution >= 0.6 is 0 Å². The zero-order valence-corrected chi connectivity index (χ0v) is 12.3. The Balaban J connectivity index is 2.30. The number of morpholine rings is 1. The smallest absolute Gasteiger partial charge is 0.255 e. The number of hydrazine groups is 1. The summed E-state index contributed by atoms with van der Waals surface area (Å²) in [6, 6.07) is 9.32. The normalized spacial score (nSPS) is 24.1. The summed E-state index contributed by atoms with van der Waals surface area (Å²) in [5.74, 6) is 5.17. The van der Waals surface area contributed by atoms with Crippen LogP contribution in [0.1, 0.15) is 32.4 Å². The van der Waals surface area contributed by atoms with Gasteiger partial charge in [0.15, 0.2) is 0 Å². The van der Waals surface area contributed by atoms with Gasteiger partial charge in [0.05, 0.1) is 11.7 Å². The molecule has 0 aromatic heterocycles. The zero-order chi connectivity index (χ0) is 14.8. The number of carbonyl (C=O) groups excluding carboxylic acids is 1. The highest BCUT2D eigenvalue weighted by atomic mass is 16.5. The summed E-state index contributed by atoms with van der Waals surface area (Å²) < 4.78 is 5.90. The van der Waals surface area contributed by atoms with Crippen molar-refractivity contribution in [3.8, 4) is 0 Å². The van der Waals surface area contributed by atoms with E-state index in [1.54, 1.807) is 0 Å². The van der Waals surface area contributed by atoms with Gasteiger partial charge in [-0.25, -0.2) is 5.84 Å². The van der Waals surface area contributed by atoms with Crippen LogP contribution in [0, 0.1) is 0 Å². The first-order valence-electron chi connectivity index (χ1n) is 6.90. The molecule has 110 valence electrons. The maximum absolute atomic E-state index is 12.2. The lowest BCUT2D eigenvalue weighted by atomic mass is 9.99. The van der Waals surface area contributed by atoms with Crippen molar-refractivity contribution in [2.24, 2.45) is 5.84 Å². The summed E-state index contributed by atoms with van der Waals surface area (Å²) in [6.45, 7) is 7.49. The molecule has 5 heteroatoms. The number of hydrogen-bond donors (Lipinski definition) is 2. The van der Waals surface area contributed by atoms with Gasteiger partial charge in [-0.15, -0.1) is 0 Å². The summed E-state index contributed by atoms with van der Waals surface area (Å²) in [7, 11) is 0. The zero-order valence-electron chi connectivity index (χ0n) is 12.3. The van der Waals surface area contributed by atoms with Crippen LogP contribution in [0.4, 0.5) is 0 Å². The quantitative estimate of drug-likeness (QED) is 0.495. The van der Waals surface area contributed by atoms with E-state index in [0.29, 0.717) is 13.1 Å². The second kappa shape index (κ2) is 5.91. The van der Waals surface area contributed by atoms with Crippen LogP contribution in [-0.2, 0) is 9.53 Å². The Morgan fingerprint density at radius 3 is 2.65 bits per heavy atom. The van der Waals surface area contributed by atoms with Gasteiger partial charge in [-0.3, -0.25) is 15.1 Å². The molecule has 20 heavy (non-hydrogen) atoms. The van der Waals surface area contributed by atoms with Gasteiger partial charge in [0.1, 0.15) is 6.04 Å². The summed E-state index contributed by atoms with van der Waals surface area (Å²) in [6.07, 6.45) is 0.0792. The van der Waals surface area contributed by atoms with E-state index >= 15 is 0 Å². The largest absolute Gasteiger partial charge is 0.370 e. The minimum atomic E-state index is -0.383. The van der Waals surface area contributed by atoms with Crippen molar-refractivity contribution in [2.75, 3.05) is 13.1 Å². The van der Waals surface area contributed by atoms with Crippen molar-refractivity contribution in [1.29, 1.82) is 0 Å². The number of nitrogens with zero attached hydrogens (tertiary/aromatic N) is 1. The fourth-order valence-electron chi connectivity index (χ4n) is 2.94. The molecular formula is C15H23N3O2. The summed E-state index contributed by atoms with van der Waals surface area (Å²) in [5.41, 5.74) is 2.95. The van der Waals surface area contributed by atoms with E-state index in [2.05, 4.69) is 10.3 Å². The van der Waals surface area contributed by atoms with Crippen molar-refractivity contribution >= 4 is 5.91 Å². The first-order chi connectivity index (χ1) is 9.43. The van der Waals surface area contributed by atoms with Crippen molar-refractivity contribution < 1.29 is 9.53 Å². The predicted molar refractivity (Wildman–Crippen MR) is 77.7 cm³/mol. The van der Waals surface area contributed by atoms with Crippen LogP contribution in [0.15, 0.2) is 30.3 Å². The second-order valence-corrected chi connectivity index (χ2v) is 5.94. The molecule has 5 nitrogen and oxygen atoms in total. The number of benzene rings is 1. The van der Waals surface area contributed by atoms with Crippen LogP contribution in [0.2, 0.25) is 0 Å². The Hall–Kier alpha value is -1.43. The van der Waals surface area contributed by atoms with Crippen LogP contribution in [-0.4, -0.2) is 35.6 Å². The molecule has 1 aliphatic rings. The van der Waals surface area contributed by atoms with Crippen LogP contribution in [0.25, 0.3) is 0 Å². The number of ether oxygens (including phenoxy) is 1. The molecule has 2 atom stereocenters. The lowest BCUT2D eigenvalue weighted by Crippen LogP contribution is -2.55. The first-order valence-corrected chi connectivity index (χ1v) is 6.90. The van der Waals surface area contributed by atoms with Gasteiger partial charge >= 0.3 is 0 Å². The van der Waals surface area contributed by atoms with E-state index in [9.17, 15) is 4.79 Å². The molecule has 1 aromatic carbocycles. The molecule has 1 saturated heterocycles. The number of rotatable bonds is 3. The number of nitrogens with two attached hydrogens (primary N) is 1. The van der Waals surface area contributed by atoms with E-state index in [0.717, 1.165) is 5.56 Å². The van der Waals surface area contributed by atoms with Crippen molar-refractivity contribution in [1.82, 2.24) is 10.3 Å². The fraction of sp³-hybridized carbons (Fsp3) is 0.533. The predicted octanol–water partition coefficient (Wildman–Crippen LogP) is 1.22. The molecule has 0 aliphatic carbocycles. The maximum Gasteiger partial charge on any atom is 0.255 e. The molecule has 0 spiro atoms. The average Bonchev–Trinajstić information content (AvgIpc) is 2.37. The average molecular weight is 277 g/mol. The Kier molecular flexibility index (Phi) is 4.42. The van der Waals surface area contributed by atoms with Crippen LogP contribution < -0.4 is 11.3 Å². The molecule has 1 fully saturated rings. The van der Waals surface area contributed by atoms with Gasteiger partial charge in [0.25, 0.3) is 5.91 Å². The minimum Gasteiger partial charge on any atom is -0.370 e. The summed E-state index contributed by atoms with van der Waals surface area (Å²) in [4.78, 5) is 14.3. The molecule has 0 saturated carbocycles. The monoisotopic (exact) mass is 277 g/mol. The highest BCUT2D eigenvalue weighted by Gasteiger charge is 2.37. The van der Waals surface area contributed by atoms with Crippen molar-refractivity contribution in [3.63, 3.8) is 0 Å². The van der Waals surface area contributed by atoms with Gasteiger partial charge in [-0.2, -0.15) is 0 Å². The van der Waals surface area contributed by atoms with Crippen LogP contribution in [0.5, 0.6) is 0 Å². The van der Waals surface area contributed by atoms with Gasteiger partial charge in [0, 0.05) is 13.1 Å². The SMILES string of the molecule is CC1CN(C(C(=O)NN)c2ccccc2)CC(C)(C)O1. The lowest BCUT2D eigenvalue weighted by Gasteiger charge is -2.44. The molecule has 1 heterocycles. The van der Waals surface area contributed by atoms with Crippen LogP contribution in [0.3, 0.4) is 0 Å². The Morgan fingerprint density at radius 1 is 1.45 bits per heavy atom. The van der Waals surface area contributed by atoms with Gasteiger partial charge < -0.3 is 4.74 Å². The van der Waals surface area contributed by atoms with E-state index in [4.69, 9.17) is 10.6 Å². The lowest BCUT2D eigenvalue weighted by molar-refractivity contribution is -0.150. The van der Waals surface area contributed by atoms with Gasteiger partial charge in [-0.1, -0.05) is 30.3 Å². The summed E-state index contributed by atoms with van der Waals surface area (Å²) in [5, 5.41) is 0. The number of hydrogen-bond acceptors (Lipinski definition) is 4. The Labute approximate surface area is 120 Å². The van der Waals surface area contributed by atoms with Gasteiger partial charge in [0.2, 0.25) is 0 Å². The first kappa shape index (κ1) is 15.0. The summed E-state index contributed by atoms with van der Waals surface area (Å²) >= 11 is 0. The second-order valence-electron chi connectivity index (χ2n) is 5.94. The number of carbonyl (C=O) groups is 1. The standard InChI is InChI=1S/C15H23N3O2/c1-11-9-18(10-15(2,3)20-11)13(14(19)17-16)12-7-5-4-6-8-12/h4-8,11,13H,9-10,16H2,1-3H3,(H,17,19). The topological polar surface area (TPSA) is 67.6 Å². The Bertz CT molecular complexity index is 461. The molecular weight excluding hydrogens is 254 g/mol. The van der Waals surface area contributed by atoms with E-state index in [1.165, 1.54) is 0 Å². The van der Waals surface area contributed by atoms with Gasteiger partial charge in [-0.05, 0) is 26.3 Å². The number of nitrogens with one attached hydrogen (secondary N) is 1. The van der Waals surface area contributed by atoms with Crippen molar-refractivity contribution in [3.05, 3.63) is 35.9 Å². The highest BCUT2D eigenvalue weighted by molar-refractivity contribution is 5.82. The maximum atomic E-state index is 12.2. The third-order valence-electron chi connectivity index (χ3n) is 3.47. The molecule has 0 radical (unpaired) electrons. The molecule has 2 unspecified atom stereocenters. The van der Waals surface area contributed by atoms with Crippen molar-refractivity contribution in [2.45, 2.75) is 38.5 Å². The third kappa shape index (κ3) is 3.36. The Morgan fingerprint density at radius 2 is 2.10 bits per heavy atom. The molecule has 0 bridgehead atoms. The van der Waals surface area contributed by atoms with E-state index < -0.39 is 0 Å².